The fourth-order valence-corrected chi connectivity index (χ4v) is 4.87. The van der Waals surface area contributed by atoms with Gasteiger partial charge in [0.25, 0.3) is 5.56 Å². The smallest absolute Gasteiger partial charge is 0.259 e. The van der Waals surface area contributed by atoms with Crippen LogP contribution < -0.4 is 10.9 Å². The van der Waals surface area contributed by atoms with Gasteiger partial charge in [-0.1, -0.05) is 6.07 Å². The van der Waals surface area contributed by atoms with Crippen molar-refractivity contribution in [2.75, 3.05) is 5.32 Å². The van der Waals surface area contributed by atoms with Crippen molar-refractivity contribution in [2.45, 2.75) is 38.7 Å². The molecule has 0 aliphatic carbocycles. The molecule has 2 N–H and O–H groups in total. The zero-order valence-corrected chi connectivity index (χ0v) is 19.1. The Morgan fingerprint density at radius 1 is 1.32 bits per heavy atom. The Morgan fingerprint density at radius 2 is 2.13 bits per heavy atom. The molecule has 160 valence electrons. The highest BCUT2D eigenvalue weighted by molar-refractivity contribution is 7.99. The van der Waals surface area contributed by atoms with Crippen LogP contribution >= 0.6 is 23.1 Å². The summed E-state index contributed by atoms with van der Waals surface area (Å²) >= 11 is 2.93. The maximum Gasteiger partial charge on any atom is 0.259 e. The Balaban J connectivity index is 1.44. The zero-order valence-electron chi connectivity index (χ0n) is 17.5. The number of aromatic amines is 1. The number of thiophene rings is 1. The highest BCUT2D eigenvalue weighted by atomic mass is 32.2. The predicted octanol–water partition coefficient (Wildman–Crippen LogP) is 4.22. The molecule has 1 atom stereocenters. The molecule has 0 saturated carbocycles. The Morgan fingerprint density at radius 3 is 2.87 bits per heavy atom. The molecule has 4 rings (SSSR count). The molecule has 0 fully saturated rings. The van der Waals surface area contributed by atoms with E-state index in [-0.39, 0.29) is 16.7 Å². The van der Waals surface area contributed by atoms with Gasteiger partial charge in [0.1, 0.15) is 10.7 Å². The zero-order chi connectivity index (χ0) is 22.1. The quantitative estimate of drug-likeness (QED) is 0.447. The van der Waals surface area contributed by atoms with Gasteiger partial charge in [-0.2, -0.15) is 0 Å². The minimum Gasteiger partial charge on any atom is -0.423 e. The van der Waals surface area contributed by atoms with Crippen LogP contribution in [0.2, 0.25) is 0 Å². The Labute approximate surface area is 186 Å². The summed E-state index contributed by atoms with van der Waals surface area (Å²) in [6.45, 7) is 7.66. The molecule has 4 aromatic rings. The highest BCUT2D eigenvalue weighted by Gasteiger charge is 2.17. The molecule has 0 aliphatic heterocycles. The summed E-state index contributed by atoms with van der Waals surface area (Å²) < 4.78 is 5.23. The number of nitrogens with zero attached hydrogens (tertiary/aromatic N) is 3. The number of carbonyl (C=O) groups is 1. The van der Waals surface area contributed by atoms with Crippen LogP contribution in [0.25, 0.3) is 21.7 Å². The van der Waals surface area contributed by atoms with Crippen LogP contribution in [0.3, 0.4) is 0 Å². The lowest BCUT2D eigenvalue weighted by Crippen LogP contribution is -2.23. The lowest BCUT2D eigenvalue weighted by Gasteiger charge is -2.14. The number of nitrogens with one attached hydrogen (secondary N) is 2. The molecule has 0 aliphatic rings. The first-order chi connectivity index (χ1) is 14.8. The average molecular weight is 456 g/mol. The minimum atomic E-state index is -0.348. The number of thioether (sulfide) groups is 1. The number of benzene rings is 1. The van der Waals surface area contributed by atoms with E-state index in [0.29, 0.717) is 28.5 Å². The van der Waals surface area contributed by atoms with Crippen LogP contribution in [0.5, 0.6) is 0 Å². The number of aromatic nitrogens is 4. The van der Waals surface area contributed by atoms with Gasteiger partial charge in [0.2, 0.25) is 18.2 Å². The minimum absolute atomic E-state index is 0.131. The molecular weight excluding hydrogens is 434 g/mol. The molecule has 8 nitrogen and oxygen atoms in total. The topological polar surface area (TPSA) is 114 Å². The first kappa shape index (κ1) is 21.3. The summed E-state index contributed by atoms with van der Waals surface area (Å²) in [6.07, 6.45) is 1.26. The molecule has 1 amide bonds. The van der Waals surface area contributed by atoms with E-state index in [9.17, 15) is 9.59 Å². The van der Waals surface area contributed by atoms with Crippen LogP contribution in [0.15, 0.2) is 33.8 Å². The Bertz CT molecular complexity index is 1310. The van der Waals surface area contributed by atoms with Crippen molar-refractivity contribution in [1.29, 1.82) is 0 Å². The lowest BCUT2D eigenvalue weighted by atomic mass is 10.1. The SMILES string of the molecule is Cc1ccc(-c2nnco2)cc1NC(=O)C(C)SCc1nc2sc(C)c(C)c2c(=O)[nH]1. The number of amides is 1. The number of anilines is 1. The second kappa shape index (κ2) is 8.64. The van der Waals surface area contributed by atoms with Crippen LogP contribution in [0.1, 0.15) is 28.8 Å². The third-order valence-electron chi connectivity index (χ3n) is 5.03. The van der Waals surface area contributed by atoms with Gasteiger partial charge >= 0.3 is 0 Å². The van der Waals surface area contributed by atoms with Crippen molar-refractivity contribution in [3.8, 4) is 11.5 Å². The van der Waals surface area contributed by atoms with Gasteiger partial charge in [0.05, 0.1) is 16.4 Å². The molecule has 1 unspecified atom stereocenters. The Hall–Kier alpha value is -2.98. The van der Waals surface area contributed by atoms with Gasteiger partial charge in [0, 0.05) is 16.1 Å². The normalized spacial score (nSPS) is 12.3. The van der Waals surface area contributed by atoms with E-state index in [4.69, 9.17) is 4.42 Å². The standard InChI is InChI=1S/C21H21N5O3S2/c1-10-5-6-14(20-26-22-9-29-20)7-15(10)23-18(27)13(4)30-8-16-24-19(28)17-11(2)12(3)31-21(17)25-16/h5-7,9,13H,8H2,1-4H3,(H,23,27)(H,24,25,28). The first-order valence-corrected chi connectivity index (χ1v) is 11.5. The molecule has 3 heterocycles. The summed E-state index contributed by atoms with van der Waals surface area (Å²) in [5.41, 5.74) is 3.18. The van der Waals surface area contributed by atoms with Gasteiger partial charge in [-0.25, -0.2) is 4.98 Å². The summed E-state index contributed by atoms with van der Waals surface area (Å²) in [4.78, 5) is 34.4. The molecule has 0 bridgehead atoms. The molecule has 1 aromatic carbocycles. The highest BCUT2D eigenvalue weighted by Crippen LogP contribution is 2.27. The van der Waals surface area contributed by atoms with Crippen molar-refractivity contribution in [3.63, 3.8) is 0 Å². The number of H-pyrrole nitrogens is 1. The van der Waals surface area contributed by atoms with E-state index < -0.39 is 0 Å². The van der Waals surface area contributed by atoms with E-state index >= 15 is 0 Å². The Kier molecular flexibility index (Phi) is 5.92. The molecule has 3 aromatic heterocycles. The van der Waals surface area contributed by atoms with Crippen molar-refractivity contribution in [2.24, 2.45) is 0 Å². The van der Waals surface area contributed by atoms with E-state index in [2.05, 4.69) is 25.5 Å². The summed E-state index contributed by atoms with van der Waals surface area (Å²) in [5, 5.41) is 10.9. The van der Waals surface area contributed by atoms with E-state index in [1.165, 1.54) is 29.5 Å². The van der Waals surface area contributed by atoms with Crippen molar-refractivity contribution in [1.82, 2.24) is 20.2 Å². The third-order valence-corrected chi connectivity index (χ3v) is 7.29. The second-order valence-electron chi connectivity index (χ2n) is 7.19. The van der Waals surface area contributed by atoms with E-state index in [1.807, 2.05) is 45.9 Å². The molecule has 0 radical (unpaired) electrons. The van der Waals surface area contributed by atoms with Crippen molar-refractivity contribution < 1.29 is 9.21 Å². The van der Waals surface area contributed by atoms with Crippen molar-refractivity contribution >= 4 is 44.9 Å². The maximum atomic E-state index is 12.7. The number of hydrogen-bond acceptors (Lipinski definition) is 8. The van der Waals surface area contributed by atoms with Gasteiger partial charge < -0.3 is 14.7 Å². The number of aryl methyl sites for hydroxylation is 3. The third kappa shape index (κ3) is 4.40. The summed E-state index contributed by atoms with van der Waals surface area (Å²) in [6, 6.07) is 5.57. The van der Waals surface area contributed by atoms with Gasteiger partial charge in [0.15, 0.2) is 0 Å². The van der Waals surface area contributed by atoms with E-state index in [1.54, 1.807) is 0 Å². The molecular formula is C21H21N5O3S2. The lowest BCUT2D eigenvalue weighted by molar-refractivity contribution is -0.115. The fraction of sp³-hybridized carbons (Fsp3) is 0.286. The summed E-state index contributed by atoms with van der Waals surface area (Å²) in [7, 11) is 0. The fourth-order valence-electron chi connectivity index (χ4n) is 3.07. The van der Waals surface area contributed by atoms with Crippen LogP contribution in [0, 0.1) is 20.8 Å². The molecule has 0 spiro atoms. The van der Waals surface area contributed by atoms with Crippen LogP contribution in [-0.2, 0) is 10.5 Å². The second-order valence-corrected chi connectivity index (χ2v) is 9.72. The maximum absolute atomic E-state index is 12.7. The number of rotatable bonds is 6. The number of hydrogen-bond donors (Lipinski definition) is 2. The van der Waals surface area contributed by atoms with Crippen molar-refractivity contribution in [3.05, 3.63) is 56.8 Å². The average Bonchev–Trinajstić information content (AvgIpc) is 3.36. The predicted molar refractivity (Wildman–Crippen MR) is 124 cm³/mol. The summed E-state index contributed by atoms with van der Waals surface area (Å²) in [5.74, 6) is 1.25. The molecule has 0 saturated heterocycles. The molecule has 31 heavy (non-hydrogen) atoms. The van der Waals surface area contributed by atoms with E-state index in [0.717, 1.165) is 26.4 Å². The van der Waals surface area contributed by atoms with Crippen LogP contribution in [-0.4, -0.2) is 31.3 Å². The molecule has 10 heteroatoms. The van der Waals surface area contributed by atoms with Gasteiger partial charge in [-0.15, -0.1) is 33.3 Å². The van der Waals surface area contributed by atoms with Crippen LogP contribution in [0.4, 0.5) is 5.69 Å². The van der Waals surface area contributed by atoms with Gasteiger partial charge in [-0.05, 0) is 51.0 Å². The largest absolute Gasteiger partial charge is 0.423 e. The monoisotopic (exact) mass is 455 g/mol. The first-order valence-electron chi connectivity index (χ1n) is 9.62. The number of fused-ring (bicyclic) bond motifs is 1. The number of carbonyl (C=O) groups excluding carboxylic acids is 1. The van der Waals surface area contributed by atoms with Gasteiger partial charge in [-0.3, -0.25) is 9.59 Å².